The van der Waals surface area contributed by atoms with Gasteiger partial charge in [-0.2, -0.15) is 10.5 Å². The lowest BCUT2D eigenvalue weighted by molar-refractivity contribution is -0.133. The highest BCUT2D eigenvalue weighted by atomic mass is 19.1. The minimum Gasteiger partial charge on any atom is -0.444 e. The number of rotatable bonds is 6. The molecule has 2 aliphatic carbocycles. The van der Waals surface area contributed by atoms with Crippen molar-refractivity contribution in [3.8, 4) is 12.1 Å². The average molecular weight is 535 g/mol. The van der Waals surface area contributed by atoms with Crippen LogP contribution in [0.25, 0.3) is 5.57 Å². The molecule has 2 fully saturated rings. The van der Waals surface area contributed by atoms with E-state index in [0.29, 0.717) is 31.4 Å². The van der Waals surface area contributed by atoms with Crippen molar-refractivity contribution in [3.63, 3.8) is 0 Å². The van der Waals surface area contributed by atoms with Crippen molar-refractivity contribution < 1.29 is 23.5 Å². The molecule has 4 atom stereocenters. The van der Waals surface area contributed by atoms with E-state index in [1.165, 1.54) is 11.0 Å². The summed E-state index contributed by atoms with van der Waals surface area (Å²) >= 11 is 0. The second-order valence-corrected chi connectivity index (χ2v) is 11.5. The van der Waals surface area contributed by atoms with Crippen LogP contribution >= 0.6 is 0 Å². The van der Waals surface area contributed by atoms with E-state index >= 15 is 4.39 Å². The predicted molar refractivity (Wildman–Crippen MR) is 142 cm³/mol. The van der Waals surface area contributed by atoms with Gasteiger partial charge in [-0.25, -0.2) is 9.18 Å². The molecule has 206 valence electrons. The number of hydrogen-bond acceptors (Lipinski definition) is 6. The summed E-state index contributed by atoms with van der Waals surface area (Å²) in [5.74, 6) is -0.940. The lowest BCUT2D eigenvalue weighted by Crippen LogP contribution is -2.52. The lowest BCUT2D eigenvalue weighted by atomic mass is 9.64. The van der Waals surface area contributed by atoms with E-state index in [0.717, 1.165) is 5.56 Å². The van der Waals surface area contributed by atoms with Crippen molar-refractivity contribution in [2.24, 2.45) is 11.3 Å². The predicted octanol–water partition coefficient (Wildman–Crippen LogP) is 4.69. The molecule has 1 N–H and O–H groups in total. The van der Waals surface area contributed by atoms with E-state index in [4.69, 9.17) is 9.47 Å². The van der Waals surface area contributed by atoms with Gasteiger partial charge in [0.2, 0.25) is 0 Å². The monoisotopic (exact) mass is 534 g/mol. The largest absolute Gasteiger partial charge is 0.444 e. The van der Waals surface area contributed by atoms with Gasteiger partial charge in [0.25, 0.3) is 5.91 Å². The highest BCUT2D eigenvalue weighted by Crippen LogP contribution is 2.57. The van der Waals surface area contributed by atoms with Crippen molar-refractivity contribution in [1.82, 2.24) is 10.2 Å². The molecule has 8 nitrogen and oxygen atoms in total. The highest BCUT2D eigenvalue weighted by molar-refractivity contribution is 5.82. The van der Waals surface area contributed by atoms with Gasteiger partial charge >= 0.3 is 6.09 Å². The smallest absolute Gasteiger partial charge is 0.410 e. The van der Waals surface area contributed by atoms with Crippen LogP contribution in [0, 0.1) is 34.0 Å². The van der Waals surface area contributed by atoms with Crippen LogP contribution in [0.3, 0.4) is 0 Å². The second kappa shape index (κ2) is 11.2. The highest BCUT2D eigenvalue weighted by Gasteiger charge is 2.60. The molecule has 3 unspecified atom stereocenters. The molecule has 1 saturated heterocycles. The van der Waals surface area contributed by atoms with Crippen LogP contribution in [-0.2, 0) is 14.3 Å². The molecule has 4 rings (SSSR count). The number of nitrogens with one attached hydrogen (secondary N) is 1. The van der Waals surface area contributed by atoms with Crippen LogP contribution in [0.2, 0.25) is 0 Å². The third-order valence-corrected chi connectivity index (χ3v) is 7.29. The van der Waals surface area contributed by atoms with Crippen molar-refractivity contribution in [2.45, 2.75) is 69.9 Å². The summed E-state index contributed by atoms with van der Waals surface area (Å²) in [6.45, 7) is 5.86. The van der Waals surface area contributed by atoms with Crippen LogP contribution in [0.4, 0.5) is 9.18 Å². The minimum atomic E-state index is -1.99. The molecule has 1 aromatic carbocycles. The molecule has 9 heteroatoms. The molecule has 1 saturated carbocycles. The summed E-state index contributed by atoms with van der Waals surface area (Å²) in [5, 5.41) is 22.9. The number of benzene rings is 1. The number of alkyl halides is 1. The molecule has 1 aliphatic heterocycles. The van der Waals surface area contributed by atoms with Crippen LogP contribution in [0.1, 0.15) is 52.0 Å². The number of amides is 2. The first-order valence-corrected chi connectivity index (χ1v) is 13.4. The van der Waals surface area contributed by atoms with Gasteiger partial charge in [-0.3, -0.25) is 4.79 Å². The summed E-state index contributed by atoms with van der Waals surface area (Å²) < 4.78 is 28.0. The summed E-state index contributed by atoms with van der Waals surface area (Å²) in [4.78, 5) is 27.2. The maximum Gasteiger partial charge on any atom is 0.410 e. The molecule has 2 amide bonds. The normalized spacial score (nSPS) is 27.8. The second-order valence-electron chi connectivity index (χ2n) is 11.5. The van der Waals surface area contributed by atoms with Crippen LogP contribution in [0.15, 0.2) is 48.6 Å². The van der Waals surface area contributed by atoms with Gasteiger partial charge in [0.15, 0.2) is 11.8 Å². The van der Waals surface area contributed by atoms with Gasteiger partial charge in [-0.05, 0) is 63.2 Å². The van der Waals surface area contributed by atoms with Gasteiger partial charge in [-0.1, -0.05) is 42.5 Å². The maximum atomic E-state index is 16.9. The number of ether oxygens (including phenoxy) is 2. The molecule has 0 radical (unpaired) electrons. The van der Waals surface area contributed by atoms with Gasteiger partial charge < -0.3 is 19.7 Å². The summed E-state index contributed by atoms with van der Waals surface area (Å²) in [7, 11) is 0. The van der Waals surface area contributed by atoms with Gasteiger partial charge in [0.1, 0.15) is 17.1 Å². The molecule has 39 heavy (non-hydrogen) atoms. The van der Waals surface area contributed by atoms with E-state index < -0.39 is 40.8 Å². The fourth-order valence-electron chi connectivity index (χ4n) is 5.14. The van der Waals surface area contributed by atoms with Crippen LogP contribution in [-0.4, -0.2) is 60.0 Å². The van der Waals surface area contributed by atoms with Crippen molar-refractivity contribution >= 4 is 17.6 Å². The zero-order chi connectivity index (χ0) is 28.3. The van der Waals surface area contributed by atoms with Crippen LogP contribution in [0.5, 0.6) is 0 Å². The van der Waals surface area contributed by atoms with E-state index in [1.54, 1.807) is 32.9 Å². The Morgan fingerprint density at radius 1 is 1.26 bits per heavy atom. The number of carbonyl (C=O) groups is 2. The molecular formula is C30H35FN4O4. The number of allylic oxidation sites excluding steroid dienone is 4. The fourth-order valence-corrected chi connectivity index (χ4v) is 5.14. The molecule has 1 aromatic rings. The standard InChI is InChI=1S/C30H35FN4O4/c1-28(2,3)39-27(37)35-14-7-15-38-25(19-35)26(36)34-24(18-32)17-29(20-33)13-12-22(21-8-5-4-6-9-21)16-30(29,31)23-10-11-23/h4-6,8-9,12-13,16,23-25H,7,10-11,14-15,17,19H2,1-3H3,(H,34,36)/t24-,25?,29?,30?/m0/s1. The number of halogens is 1. The molecule has 3 aliphatic rings. The minimum absolute atomic E-state index is 0.0412. The first-order valence-electron chi connectivity index (χ1n) is 13.4. The van der Waals surface area contributed by atoms with Crippen molar-refractivity contribution in [3.05, 3.63) is 54.1 Å². The molecule has 0 bridgehead atoms. The Labute approximate surface area is 229 Å². The third kappa shape index (κ3) is 6.32. The van der Waals surface area contributed by atoms with Crippen molar-refractivity contribution in [1.29, 1.82) is 10.5 Å². The van der Waals surface area contributed by atoms with E-state index in [-0.39, 0.29) is 25.5 Å². The maximum absolute atomic E-state index is 16.9. The summed E-state index contributed by atoms with van der Waals surface area (Å²) in [6, 6.07) is 12.4. The number of nitrogens with zero attached hydrogens (tertiary/aromatic N) is 3. The Balaban J connectivity index is 1.50. The molecule has 0 aromatic heterocycles. The van der Waals surface area contributed by atoms with Crippen LogP contribution < -0.4 is 5.32 Å². The van der Waals surface area contributed by atoms with Crippen molar-refractivity contribution in [2.75, 3.05) is 19.7 Å². The third-order valence-electron chi connectivity index (χ3n) is 7.29. The average Bonchev–Trinajstić information content (AvgIpc) is 3.76. The fraction of sp³-hybridized carbons (Fsp3) is 0.533. The number of nitriles is 2. The van der Waals surface area contributed by atoms with Gasteiger partial charge in [-0.15, -0.1) is 0 Å². The Morgan fingerprint density at radius 3 is 2.59 bits per heavy atom. The van der Waals surface area contributed by atoms with E-state index in [2.05, 4.69) is 11.4 Å². The summed E-state index contributed by atoms with van der Waals surface area (Å²) in [5.41, 5.74) is -2.79. The first kappa shape index (κ1) is 28.3. The Kier molecular flexibility index (Phi) is 8.13. The van der Waals surface area contributed by atoms with E-state index in [1.807, 2.05) is 36.4 Å². The Bertz CT molecular complexity index is 1220. The lowest BCUT2D eigenvalue weighted by Gasteiger charge is -2.41. The summed E-state index contributed by atoms with van der Waals surface area (Å²) in [6.07, 6.45) is 4.81. The van der Waals surface area contributed by atoms with E-state index in [9.17, 15) is 20.1 Å². The zero-order valence-corrected chi connectivity index (χ0v) is 22.7. The van der Waals surface area contributed by atoms with Gasteiger partial charge in [0, 0.05) is 19.6 Å². The van der Waals surface area contributed by atoms with Gasteiger partial charge in [0.05, 0.1) is 18.7 Å². The zero-order valence-electron chi connectivity index (χ0n) is 22.7. The molecular weight excluding hydrogens is 499 g/mol. The molecule has 1 heterocycles. The quantitative estimate of drug-likeness (QED) is 0.566. The Morgan fingerprint density at radius 2 is 1.97 bits per heavy atom. The topological polar surface area (TPSA) is 115 Å². The SMILES string of the molecule is CC(C)(C)OC(=O)N1CCCOC(C(=O)N[C@H](C#N)CC2(C#N)C=CC(c3ccccc3)=CC2(F)C2CC2)C1. The Hall–Kier alpha value is -3.69. The number of carbonyl (C=O) groups excluding carboxylic acids is 2. The first-order chi connectivity index (χ1) is 18.5. The number of hydrogen-bond donors (Lipinski definition) is 1. The molecule has 0 spiro atoms.